The van der Waals surface area contributed by atoms with Gasteiger partial charge in [-0.15, -0.1) is 0 Å². The normalized spacial score (nSPS) is 11.7. The molecule has 0 rings (SSSR count). The average molecular weight is 350 g/mol. The number of esters is 4. The molecule has 0 fully saturated rings. The van der Waals surface area contributed by atoms with Crippen LogP contribution < -0.4 is 0 Å². The van der Waals surface area contributed by atoms with E-state index in [1.165, 1.54) is 35.4 Å². The van der Waals surface area contributed by atoms with Crippen LogP contribution in [-0.4, -0.2) is 52.3 Å². The molecule has 0 spiro atoms. The third-order valence-electron chi connectivity index (χ3n) is 2.97. The standard InChI is InChI=1S/C10H16O6.C5H10O2.CH4/c1-6(9(12)15-3)7(10(13)16-4)5-8(11)14-2;1-4(2)5(6)7-3;/h6-7H,5H2,1-4H3;4H,1-3H3;1H4. The Labute approximate surface area is 143 Å². The van der Waals surface area contributed by atoms with E-state index in [9.17, 15) is 19.2 Å². The van der Waals surface area contributed by atoms with Crippen LogP contribution in [0.3, 0.4) is 0 Å². The van der Waals surface area contributed by atoms with E-state index in [1.807, 2.05) is 0 Å². The van der Waals surface area contributed by atoms with Crippen LogP contribution in [0.2, 0.25) is 0 Å². The van der Waals surface area contributed by atoms with Crippen molar-refractivity contribution in [2.24, 2.45) is 17.8 Å². The topological polar surface area (TPSA) is 105 Å². The third kappa shape index (κ3) is 10.6. The van der Waals surface area contributed by atoms with Crippen LogP contribution in [0.25, 0.3) is 0 Å². The van der Waals surface area contributed by atoms with Crippen LogP contribution in [0.15, 0.2) is 0 Å². The summed E-state index contributed by atoms with van der Waals surface area (Å²) in [6.45, 7) is 5.09. The Hall–Kier alpha value is -2.12. The molecule has 24 heavy (non-hydrogen) atoms. The summed E-state index contributed by atoms with van der Waals surface area (Å²) in [5, 5.41) is 0. The fraction of sp³-hybridized carbons (Fsp3) is 0.750. The first kappa shape index (κ1) is 26.8. The van der Waals surface area contributed by atoms with Crippen molar-refractivity contribution in [3.63, 3.8) is 0 Å². The summed E-state index contributed by atoms with van der Waals surface area (Å²) in [6, 6.07) is 0. The van der Waals surface area contributed by atoms with Gasteiger partial charge >= 0.3 is 23.9 Å². The summed E-state index contributed by atoms with van der Waals surface area (Å²) in [7, 11) is 5.00. The van der Waals surface area contributed by atoms with Crippen LogP contribution in [0.4, 0.5) is 0 Å². The second-order valence-corrected chi connectivity index (χ2v) is 4.90. The molecule has 0 bridgehead atoms. The maximum atomic E-state index is 11.4. The number of methoxy groups -OCH3 is 4. The van der Waals surface area contributed by atoms with Crippen molar-refractivity contribution >= 4 is 23.9 Å². The van der Waals surface area contributed by atoms with Crippen molar-refractivity contribution in [2.75, 3.05) is 28.4 Å². The molecule has 0 aromatic carbocycles. The molecule has 0 heterocycles. The summed E-state index contributed by atoms with van der Waals surface area (Å²) in [6.07, 6.45) is -0.209. The molecule has 0 N–H and O–H groups in total. The van der Waals surface area contributed by atoms with E-state index in [0.717, 1.165) is 0 Å². The predicted octanol–water partition coefficient (Wildman–Crippen LogP) is 1.60. The lowest BCUT2D eigenvalue weighted by atomic mass is 9.91. The predicted molar refractivity (Wildman–Crippen MR) is 86.9 cm³/mol. The van der Waals surface area contributed by atoms with Gasteiger partial charge in [0, 0.05) is 0 Å². The van der Waals surface area contributed by atoms with E-state index < -0.39 is 29.7 Å². The van der Waals surface area contributed by atoms with Gasteiger partial charge in [0.1, 0.15) is 0 Å². The molecule has 142 valence electrons. The van der Waals surface area contributed by atoms with Gasteiger partial charge in [-0.05, 0) is 0 Å². The lowest BCUT2D eigenvalue weighted by Crippen LogP contribution is -2.31. The molecule has 0 aromatic rings. The number of carbonyl (C=O) groups excluding carboxylic acids is 4. The molecule has 0 aromatic heterocycles. The molecular weight excluding hydrogens is 320 g/mol. The molecule has 2 atom stereocenters. The number of hydrogen-bond acceptors (Lipinski definition) is 8. The Morgan fingerprint density at radius 2 is 1.12 bits per heavy atom. The van der Waals surface area contributed by atoms with Gasteiger partial charge in [-0.25, -0.2) is 0 Å². The first-order valence-corrected chi connectivity index (χ1v) is 6.96. The van der Waals surface area contributed by atoms with Crippen LogP contribution in [0.1, 0.15) is 34.6 Å². The highest BCUT2D eigenvalue weighted by Gasteiger charge is 2.33. The van der Waals surface area contributed by atoms with Gasteiger partial charge in [0.2, 0.25) is 0 Å². The SMILES string of the molecule is C.COC(=O)C(C)C.COC(=O)CC(C(=O)OC)C(C)C(=O)OC. The highest BCUT2D eigenvalue weighted by Crippen LogP contribution is 2.19. The number of ether oxygens (including phenoxy) is 4. The monoisotopic (exact) mass is 350 g/mol. The smallest absolute Gasteiger partial charge is 0.310 e. The van der Waals surface area contributed by atoms with Crippen molar-refractivity contribution < 1.29 is 38.1 Å². The Morgan fingerprint density at radius 3 is 1.38 bits per heavy atom. The van der Waals surface area contributed by atoms with Gasteiger partial charge in [0.25, 0.3) is 0 Å². The molecule has 2 unspecified atom stereocenters. The maximum absolute atomic E-state index is 11.4. The zero-order chi connectivity index (χ0) is 18.6. The molecule has 0 saturated carbocycles. The summed E-state index contributed by atoms with van der Waals surface area (Å²) in [4.78, 5) is 44.0. The minimum absolute atomic E-state index is 0. The summed E-state index contributed by atoms with van der Waals surface area (Å²) >= 11 is 0. The van der Waals surface area contributed by atoms with E-state index in [1.54, 1.807) is 13.8 Å². The van der Waals surface area contributed by atoms with E-state index in [0.29, 0.717) is 0 Å². The van der Waals surface area contributed by atoms with Crippen molar-refractivity contribution in [3.05, 3.63) is 0 Å². The largest absolute Gasteiger partial charge is 0.469 e. The van der Waals surface area contributed by atoms with Crippen molar-refractivity contribution in [2.45, 2.75) is 34.6 Å². The Kier molecular flexibility index (Phi) is 16.1. The van der Waals surface area contributed by atoms with Crippen LogP contribution in [0.5, 0.6) is 0 Å². The van der Waals surface area contributed by atoms with E-state index in [-0.39, 0.29) is 25.7 Å². The van der Waals surface area contributed by atoms with Gasteiger partial charge in [-0.1, -0.05) is 28.2 Å². The van der Waals surface area contributed by atoms with Gasteiger partial charge in [0.05, 0.1) is 52.6 Å². The summed E-state index contributed by atoms with van der Waals surface area (Å²) in [5.74, 6) is -3.57. The Balaban J connectivity index is -0.000000468. The number of hydrogen-bond donors (Lipinski definition) is 0. The molecule has 0 amide bonds. The van der Waals surface area contributed by atoms with Gasteiger partial charge in [0.15, 0.2) is 0 Å². The molecule has 8 nitrogen and oxygen atoms in total. The third-order valence-corrected chi connectivity index (χ3v) is 2.97. The highest BCUT2D eigenvalue weighted by molar-refractivity contribution is 5.85. The Bertz CT molecular complexity index is 403. The number of carbonyl (C=O) groups is 4. The van der Waals surface area contributed by atoms with Crippen LogP contribution in [-0.2, 0) is 38.1 Å². The summed E-state index contributed by atoms with van der Waals surface area (Å²) in [5.41, 5.74) is 0. The zero-order valence-corrected chi connectivity index (χ0v) is 14.7. The van der Waals surface area contributed by atoms with Crippen molar-refractivity contribution in [1.82, 2.24) is 0 Å². The van der Waals surface area contributed by atoms with Gasteiger partial charge < -0.3 is 18.9 Å². The van der Waals surface area contributed by atoms with Gasteiger partial charge in [-0.2, -0.15) is 0 Å². The Morgan fingerprint density at radius 1 is 0.708 bits per heavy atom. The van der Waals surface area contributed by atoms with Crippen LogP contribution in [0, 0.1) is 17.8 Å². The average Bonchev–Trinajstić information content (AvgIpc) is 2.56. The molecule has 0 aliphatic heterocycles. The molecule has 0 radical (unpaired) electrons. The fourth-order valence-corrected chi connectivity index (χ4v) is 1.46. The first-order valence-electron chi connectivity index (χ1n) is 6.96. The highest BCUT2D eigenvalue weighted by atomic mass is 16.5. The van der Waals surface area contributed by atoms with E-state index in [4.69, 9.17) is 0 Å². The first-order chi connectivity index (χ1) is 10.7. The lowest BCUT2D eigenvalue weighted by molar-refractivity contribution is -0.160. The maximum Gasteiger partial charge on any atom is 0.310 e. The fourth-order valence-electron chi connectivity index (χ4n) is 1.46. The summed E-state index contributed by atoms with van der Waals surface area (Å²) < 4.78 is 17.8. The minimum Gasteiger partial charge on any atom is -0.469 e. The number of rotatable bonds is 6. The van der Waals surface area contributed by atoms with Crippen molar-refractivity contribution in [3.8, 4) is 0 Å². The molecule has 0 aliphatic carbocycles. The quantitative estimate of drug-likeness (QED) is 0.525. The zero-order valence-electron chi connectivity index (χ0n) is 14.7. The molecule has 0 aliphatic rings. The minimum atomic E-state index is -0.884. The molecule has 8 heteroatoms. The van der Waals surface area contributed by atoms with Gasteiger partial charge in [-0.3, -0.25) is 19.2 Å². The second kappa shape index (κ2) is 14.5. The second-order valence-electron chi connectivity index (χ2n) is 4.90. The van der Waals surface area contributed by atoms with Crippen molar-refractivity contribution in [1.29, 1.82) is 0 Å². The lowest BCUT2D eigenvalue weighted by Gasteiger charge is -2.18. The van der Waals surface area contributed by atoms with Crippen LogP contribution >= 0.6 is 0 Å². The van der Waals surface area contributed by atoms with E-state index >= 15 is 0 Å². The molecular formula is C16H30O8. The molecule has 0 saturated heterocycles. The van der Waals surface area contributed by atoms with E-state index in [2.05, 4.69) is 18.9 Å².